The lowest BCUT2D eigenvalue weighted by Crippen LogP contribution is -2.57. The molecule has 0 bridgehead atoms. The minimum atomic E-state index is -1.50. The first-order valence-electron chi connectivity index (χ1n) is 8.59. The number of benzene rings is 1. The van der Waals surface area contributed by atoms with Crippen molar-refractivity contribution in [2.24, 2.45) is 0 Å². The zero-order valence-electron chi connectivity index (χ0n) is 14.7. The number of rotatable bonds is 7. The summed E-state index contributed by atoms with van der Waals surface area (Å²) in [6.07, 6.45) is 2.59. The molecular weight excluding hydrogens is 339 g/mol. The van der Waals surface area contributed by atoms with E-state index in [-0.39, 0.29) is 13.1 Å². The molecule has 2 aromatic rings. The van der Waals surface area contributed by atoms with Crippen molar-refractivity contribution in [3.63, 3.8) is 0 Å². The summed E-state index contributed by atoms with van der Waals surface area (Å²) in [7, 11) is 1.51. The molecule has 26 heavy (non-hydrogen) atoms. The van der Waals surface area contributed by atoms with Crippen LogP contribution in [0.25, 0.3) is 0 Å². The summed E-state index contributed by atoms with van der Waals surface area (Å²) in [4.78, 5) is 14.3. The van der Waals surface area contributed by atoms with Crippen molar-refractivity contribution in [1.29, 1.82) is 0 Å². The lowest BCUT2D eigenvalue weighted by Gasteiger charge is -2.38. The molecule has 140 valence electrons. The molecule has 0 spiro atoms. The monoisotopic (exact) mass is 362 g/mol. The molecular formula is C19H23FN2O4. The third kappa shape index (κ3) is 4.05. The van der Waals surface area contributed by atoms with E-state index in [1.165, 1.54) is 24.1 Å². The van der Waals surface area contributed by atoms with E-state index in [1.54, 1.807) is 18.4 Å². The number of hydrogen-bond donors (Lipinski definition) is 2. The van der Waals surface area contributed by atoms with E-state index in [4.69, 9.17) is 9.15 Å². The molecule has 2 N–H and O–H groups in total. The number of hydrogen-bond acceptors (Lipinski definition) is 5. The predicted octanol–water partition coefficient (Wildman–Crippen LogP) is 2.07. The third-order valence-electron chi connectivity index (χ3n) is 4.61. The number of carbonyl (C=O) groups excluding carboxylic acids is 1. The number of aliphatic hydroxyl groups is 1. The van der Waals surface area contributed by atoms with E-state index in [0.717, 1.165) is 5.76 Å². The first-order valence-corrected chi connectivity index (χ1v) is 8.59. The van der Waals surface area contributed by atoms with Crippen LogP contribution in [0.1, 0.15) is 24.2 Å². The molecule has 0 saturated carbocycles. The van der Waals surface area contributed by atoms with Gasteiger partial charge >= 0.3 is 0 Å². The number of nitrogens with one attached hydrogen (secondary N) is 1. The zero-order valence-corrected chi connectivity index (χ0v) is 14.7. The zero-order chi connectivity index (χ0) is 18.6. The summed E-state index contributed by atoms with van der Waals surface area (Å²) in [5.41, 5.74) is -1.13. The molecule has 1 aromatic heterocycles. The second-order valence-corrected chi connectivity index (χ2v) is 6.50. The lowest BCUT2D eigenvalue weighted by molar-refractivity contribution is -0.157. The quantitative estimate of drug-likeness (QED) is 0.789. The Kier molecular flexibility index (Phi) is 5.58. The number of carbonyl (C=O) groups is 1. The Bertz CT molecular complexity index is 750. The minimum Gasteiger partial charge on any atom is -0.497 e. The molecule has 1 amide bonds. The molecule has 1 atom stereocenters. The summed E-state index contributed by atoms with van der Waals surface area (Å²) in [5.74, 6) is 0.468. The molecule has 1 saturated heterocycles. The highest BCUT2D eigenvalue weighted by Crippen LogP contribution is 2.26. The molecule has 6 nitrogen and oxygen atoms in total. The average molecular weight is 362 g/mol. The van der Waals surface area contributed by atoms with Crippen LogP contribution in [0.3, 0.4) is 0 Å². The Labute approximate surface area is 151 Å². The Balaban J connectivity index is 1.65. The Morgan fingerprint density at radius 2 is 2.27 bits per heavy atom. The topological polar surface area (TPSA) is 74.9 Å². The smallest absolute Gasteiger partial charge is 0.256 e. The maximum absolute atomic E-state index is 14.1. The number of ether oxygens (including phenoxy) is 1. The van der Waals surface area contributed by atoms with Crippen molar-refractivity contribution in [2.75, 3.05) is 20.2 Å². The van der Waals surface area contributed by atoms with Crippen molar-refractivity contribution < 1.29 is 23.4 Å². The van der Waals surface area contributed by atoms with Gasteiger partial charge in [0.15, 0.2) is 5.60 Å². The van der Waals surface area contributed by atoms with Gasteiger partial charge in [0.25, 0.3) is 5.91 Å². The van der Waals surface area contributed by atoms with Crippen LogP contribution in [0.15, 0.2) is 41.0 Å². The highest BCUT2D eigenvalue weighted by atomic mass is 19.1. The number of methoxy groups -OCH3 is 1. The Morgan fingerprint density at radius 1 is 1.42 bits per heavy atom. The SMILES string of the molecule is COc1ccc(F)c(CN2CCC[C@](O)(CNCc3ccco3)C2=O)c1. The molecule has 1 fully saturated rings. The van der Waals surface area contributed by atoms with E-state index in [0.29, 0.717) is 37.2 Å². The van der Waals surface area contributed by atoms with Crippen LogP contribution in [-0.4, -0.2) is 41.7 Å². The van der Waals surface area contributed by atoms with Crippen LogP contribution in [0, 0.1) is 5.82 Å². The Hall–Kier alpha value is -2.38. The van der Waals surface area contributed by atoms with Crippen LogP contribution in [0.4, 0.5) is 4.39 Å². The first kappa shape index (κ1) is 18.4. The predicted molar refractivity (Wildman–Crippen MR) is 93.0 cm³/mol. The molecule has 7 heteroatoms. The fraction of sp³-hybridized carbons (Fsp3) is 0.421. The first-order chi connectivity index (χ1) is 12.5. The van der Waals surface area contributed by atoms with Gasteiger partial charge in [-0.2, -0.15) is 0 Å². The highest BCUT2D eigenvalue weighted by Gasteiger charge is 2.41. The number of halogens is 1. The summed E-state index contributed by atoms with van der Waals surface area (Å²) in [5, 5.41) is 13.8. The third-order valence-corrected chi connectivity index (χ3v) is 4.61. The number of piperidine rings is 1. The molecule has 0 radical (unpaired) electrons. The van der Waals surface area contributed by atoms with Gasteiger partial charge in [0, 0.05) is 25.2 Å². The maximum Gasteiger partial charge on any atom is 0.256 e. The van der Waals surface area contributed by atoms with Crippen molar-refractivity contribution in [1.82, 2.24) is 10.2 Å². The second-order valence-electron chi connectivity index (χ2n) is 6.50. The number of likely N-dealkylation sites (tertiary alicyclic amines) is 1. The standard InChI is InChI=1S/C19H23FN2O4/c1-25-15-5-6-17(20)14(10-15)12-22-8-3-7-19(24,18(22)23)13-21-11-16-4-2-9-26-16/h2,4-6,9-10,21,24H,3,7-8,11-13H2,1H3/t19-/m0/s1. The number of amides is 1. The summed E-state index contributed by atoms with van der Waals surface area (Å²) in [6, 6.07) is 8.02. The molecule has 1 aliphatic rings. The lowest BCUT2D eigenvalue weighted by atomic mass is 9.91. The minimum absolute atomic E-state index is 0.0996. The van der Waals surface area contributed by atoms with Gasteiger partial charge in [-0.1, -0.05) is 0 Å². The van der Waals surface area contributed by atoms with Crippen molar-refractivity contribution in [2.45, 2.75) is 31.5 Å². The van der Waals surface area contributed by atoms with Crippen molar-refractivity contribution in [3.8, 4) is 5.75 Å². The van der Waals surface area contributed by atoms with Crippen molar-refractivity contribution in [3.05, 3.63) is 53.7 Å². The van der Waals surface area contributed by atoms with Crippen LogP contribution < -0.4 is 10.1 Å². The van der Waals surface area contributed by atoms with Gasteiger partial charge < -0.3 is 24.5 Å². The van der Waals surface area contributed by atoms with E-state index < -0.39 is 17.3 Å². The van der Waals surface area contributed by atoms with Crippen LogP contribution in [0.2, 0.25) is 0 Å². The van der Waals surface area contributed by atoms with Gasteiger partial charge in [0.2, 0.25) is 0 Å². The van der Waals surface area contributed by atoms with Crippen molar-refractivity contribution >= 4 is 5.91 Å². The largest absolute Gasteiger partial charge is 0.497 e. The van der Waals surface area contributed by atoms with E-state index in [9.17, 15) is 14.3 Å². The summed E-state index contributed by atoms with van der Waals surface area (Å²) >= 11 is 0. The van der Waals surface area contributed by atoms with E-state index >= 15 is 0 Å². The molecule has 1 aliphatic heterocycles. The van der Waals surface area contributed by atoms with Gasteiger partial charge in [0.05, 0.1) is 19.9 Å². The maximum atomic E-state index is 14.1. The molecule has 1 aromatic carbocycles. The number of nitrogens with zero attached hydrogens (tertiary/aromatic N) is 1. The number of furan rings is 1. The van der Waals surface area contributed by atoms with Gasteiger partial charge in [-0.05, 0) is 43.2 Å². The Morgan fingerprint density at radius 3 is 3.00 bits per heavy atom. The normalized spacial score (nSPS) is 20.4. The summed E-state index contributed by atoms with van der Waals surface area (Å²) < 4.78 is 24.4. The molecule has 3 rings (SSSR count). The van der Waals surface area contributed by atoms with Gasteiger partial charge in [-0.25, -0.2) is 4.39 Å². The fourth-order valence-electron chi connectivity index (χ4n) is 3.19. The van der Waals surface area contributed by atoms with Crippen LogP contribution in [0.5, 0.6) is 5.75 Å². The van der Waals surface area contributed by atoms with Crippen LogP contribution in [-0.2, 0) is 17.9 Å². The van der Waals surface area contributed by atoms with E-state index in [1.807, 2.05) is 6.07 Å². The molecule has 0 aliphatic carbocycles. The van der Waals surface area contributed by atoms with Gasteiger partial charge in [-0.3, -0.25) is 4.79 Å². The second kappa shape index (κ2) is 7.88. The summed E-state index contributed by atoms with van der Waals surface area (Å²) in [6.45, 7) is 1.12. The highest BCUT2D eigenvalue weighted by molar-refractivity contribution is 5.86. The molecule has 0 unspecified atom stereocenters. The van der Waals surface area contributed by atoms with E-state index in [2.05, 4.69) is 5.32 Å². The van der Waals surface area contributed by atoms with Crippen LogP contribution >= 0.6 is 0 Å². The fourth-order valence-corrected chi connectivity index (χ4v) is 3.19. The van der Waals surface area contributed by atoms with Gasteiger partial charge in [-0.15, -0.1) is 0 Å². The molecule has 2 heterocycles. The van der Waals surface area contributed by atoms with Gasteiger partial charge in [0.1, 0.15) is 17.3 Å². The average Bonchev–Trinajstić information content (AvgIpc) is 3.14.